The predicted molar refractivity (Wildman–Crippen MR) is 145 cm³/mol. The molecule has 0 unspecified atom stereocenters. The Kier molecular flexibility index (Phi) is 7.11. The number of carbonyl (C=O) groups is 1. The molecule has 5 rings (SSSR count). The molecule has 1 amide bonds. The van der Waals surface area contributed by atoms with Crippen LogP contribution in [-0.4, -0.2) is 36.7 Å². The fraction of sp³-hybridized carbons (Fsp3) is 0.286. The van der Waals surface area contributed by atoms with Gasteiger partial charge >= 0.3 is 0 Å². The van der Waals surface area contributed by atoms with Crippen LogP contribution >= 0.6 is 11.3 Å². The van der Waals surface area contributed by atoms with Gasteiger partial charge in [0, 0.05) is 19.0 Å². The smallest absolute Gasteiger partial charge is 0.245 e. The molecule has 2 heterocycles. The lowest BCUT2D eigenvalue weighted by Gasteiger charge is -2.33. The van der Waals surface area contributed by atoms with E-state index in [1.54, 1.807) is 4.90 Å². The Morgan fingerprint density at radius 2 is 1.73 bits per heavy atom. The van der Waals surface area contributed by atoms with Crippen molar-refractivity contribution in [2.75, 3.05) is 18.0 Å². The molecule has 192 valence electrons. The first-order valence-electron chi connectivity index (χ1n) is 12.2. The number of sulfonamides is 1. The van der Waals surface area contributed by atoms with Gasteiger partial charge in [0.15, 0.2) is 5.13 Å². The van der Waals surface area contributed by atoms with E-state index < -0.39 is 15.8 Å². The SMILES string of the molecule is Cc1cc(C)c2sc(N(Cc3ccccc3)C(=O)C3CCN(S(=O)(=O)c4ccccc4F)CC3)nc2c1. The van der Waals surface area contributed by atoms with Crippen molar-refractivity contribution in [3.8, 4) is 0 Å². The van der Waals surface area contributed by atoms with Crippen molar-refractivity contribution in [3.05, 3.63) is 89.2 Å². The van der Waals surface area contributed by atoms with Crippen LogP contribution in [0.2, 0.25) is 0 Å². The van der Waals surface area contributed by atoms with E-state index in [1.807, 2.05) is 50.2 Å². The maximum absolute atomic E-state index is 14.2. The molecule has 1 aliphatic rings. The van der Waals surface area contributed by atoms with Gasteiger partial charge in [-0.25, -0.2) is 17.8 Å². The Bertz CT molecular complexity index is 1550. The van der Waals surface area contributed by atoms with E-state index in [1.165, 1.54) is 33.8 Å². The number of benzene rings is 3. The Morgan fingerprint density at radius 3 is 2.43 bits per heavy atom. The maximum atomic E-state index is 14.2. The van der Waals surface area contributed by atoms with E-state index in [9.17, 15) is 17.6 Å². The lowest BCUT2D eigenvalue weighted by Crippen LogP contribution is -2.44. The lowest BCUT2D eigenvalue weighted by atomic mass is 9.96. The predicted octanol–water partition coefficient (Wildman–Crippen LogP) is 5.69. The molecule has 0 saturated carbocycles. The van der Waals surface area contributed by atoms with Crippen molar-refractivity contribution in [1.82, 2.24) is 9.29 Å². The fourth-order valence-corrected chi connectivity index (χ4v) is 7.40. The van der Waals surface area contributed by atoms with Crippen molar-refractivity contribution in [2.45, 2.75) is 38.1 Å². The zero-order valence-electron chi connectivity index (χ0n) is 20.7. The van der Waals surface area contributed by atoms with Gasteiger partial charge in [-0.3, -0.25) is 9.69 Å². The monoisotopic (exact) mass is 537 g/mol. The molecule has 0 aliphatic carbocycles. The number of anilines is 1. The van der Waals surface area contributed by atoms with Gasteiger partial charge in [0.1, 0.15) is 10.7 Å². The van der Waals surface area contributed by atoms with Crippen molar-refractivity contribution in [3.63, 3.8) is 0 Å². The second kappa shape index (κ2) is 10.3. The number of aryl methyl sites for hydroxylation is 2. The molecule has 0 N–H and O–H groups in total. The van der Waals surface area contributed by atoms with E-state index in [-0.39, 0.29) is 29.8 Å². The summed E-state index contributed by atoms with van der Waals surface area (Å²) in [5, 5.41) is 0.638. The number of hydrogen-bond donors (Lipinski definition) is 0. The summed E-state index contributed by atoms with van der Waals surface area (Å²) in [5.41, 5.74) is 4.10. The average molecular weight is 538 g/mol. The summed E-state index contributed by atoms with van der Waals surface area (Å²) in [7, 11) is -3.97. The van der Waals surface area contributed by atoms with Crippen molar-refractivity contribution < 1.29 is 17.6 Å². The van der Waals surface area contributed by atoms with Crippen molar-refractivity contribution in [2.24, 2.45) is 5.92 Å². The van der Waals surface area contributed by atoms with Gasteiger partial charge in [0.25, 0.3) is 0 Å². The van der Waals surface area contributed by atoms with Gasteiger partial charge in [-0.1, -0.05) is 59.9 Å². The van der Waals surface area contributed by atoms with Crippen LogP contribution in [-0.2, 0) is 21.4 Å². The third-order valence-corrected chi connectivity index (χ3v) is 9.91. The largest absolute Gasteiger partial charge is 0.283 e. The number of nitrogens with zero attached hydrogens (tertiary/aromatic N) is 3. The summed E-state index contributed by atoms with van der Waals surface area (Å²) < 4.78 is 42.6. The molecule has 1 saturated heterocycles. The van der Waals surface area contributed by atoms with E-state index in [0.29, 0.717) is 24.5 Å². The Balaban J connectivity index is 1.40. The molecule has 4 aromatic rings. The number of piperidine rings is 1. The molecule has 6 nitrogen and oxygen atoms in total. The summed E-state index contributed by atoms with van der Waals surface area (Å²) in [4.78, 5) is 20.1. The minimum atomic E-state index is -3.97. The lowest BCUT2D eigenvalue weighted by molar-refractivity contribution is -0.123. The number of hydrogen-bond acceptors (Lipinski definition) is 5. The summed E-state index contributed by atoms with van der Waals surface area (Å²) >= 11 is 1.50. The number of rotatable bonds is 6. The fourth-order valence-electron chi connectivity index (χ4n) is 4.84. The van der Waals surface area contributed by atoms with Crippen LogP contribution in [0, 0.1) is 25.6 Å². The van der Waals surface area contributed by atoms with Crippen LogP contribution in [0.25, 0.3) is 10.2 Å². The number of carbonyl (C=O) groups excluding carboxylic acids is 1. The highest BCUT2D eigenvalue weighted by Crippen LogP contribution is 2.35. The summed E-state index contributed by atoms with van der Waals surface area (Å²) in [6.07, 6.45) is 0.724. The number of thiazole rings is 1. The van der Waals surface area contributed by atoms with Crippen molar-refractivity contribution in [1.29, 1.82) is 0 Å². The van der Waals surface area contributed by atoms with E-state index in [2.05, 4.69) is 6.07 Å². The minimum Gasteiger partial charge on any atom is -0.283 e. The van der Waals surface area contributed by atoms with Gasteiger partial charge in [0.2, 0.25) is 15.9 Å². The van der Waals surface area contributed by atoms with E-state index in [4.69, 9.17) is 4.98 Å². The summed E-state index contributed by atoms with van der Waals surface area (Å²) in [6, 6.07) is 19.3. The normalized spacial score (nSPS) is 15.2. The molecule has 37 heavy (non-hydrogen) atoms. The zero-order valence-corrected chi connectivity index (χ0v) is 22.4. The topological polar surface area (TPSA) is 70.6 Å². The highest BCUT2D eigenvalue weighted by molar-refractivity contribution is 7.89. The molecule has 0 atom stereocenters. The van der Waals surface area contributed by atoms with Crippen LogP contribution in [0.15, 0.2) is 71.6 Å². The van der Waals surface area contributed by atoms with Crippen LogP contribution in [0.4, 0.5) is 9.52 Å². The van der Waals surface area contributed by atoms with Gasteiger partial charge < -0.3 is 0 Å². The van der Waals surface area contributed by atoms with Crippen molar-refractivity contribution >= 4 is 42.6 Å². The molecular formula is C28H28FN3O3S2. The Hall–Kier alpha value is -3.14. The molecule has 0 bridgehead atoms. The number of halogens is 1. The molecule has 0 spiro atoms. The van der Waals surface area contributed by atoms with Crippen LogP contribution in [0.1, 0.15) is 29.5 Å². The zero-order chi connectivity index (χ0) is 26.2. The number of amides is 1. The first-order valence-corrected chi connectivity index (χ1v) is 14.5. The summed E-state index contributed by atoms with van der Waals surface area (Å²) in [6.45, 7) is 4.77. The molecule has 1 aliphatic heterocycles. The van der Waals surface area contributed by atoms with Gasteiger partial charge in [-0.2, -0.15) is 4.31 Å². The first kappa shape index (κ1) is 25.5. The standard InChI is InChI=1S/C28H28FN3O3S2/c1-19-16-20(2)26-24(17-19)30-28(36-26)32(18-21-8-4-3-5-9-21)27(33)22-12-14-31(15-13-22)37(34,35)25-11-7-6-10-23(25)29/h3-11,16-17,22H,12-15,18H2,1-2H3. The van der Waals surface area contributed by atoms with E-state index in [0.717, 1.165) is 33.0 Å². The van der Waals surface area contributed by atoms with Crippen LogP contribution < -0.4 is 4.90 Å². The third kappa shape index (κ3) is 5.16. The molecule has 1 aromatic heterocycles. The van der Waals surface area contributed by atoms with Crippen LogP contribution in [0.5, 0.6) is 0 Å². The van der Waals surface area contributed by atoms with Crippen LogP contribution in [0.3, 0.4) is 0 Å². The van der Waals surface area contributed by atoms with Gasteiger partial charge in [-0.05, 0) is 61.6 Å². The quantitative estimate of drug-likeness (QED) is 0.317. The first-order chi connectivity index (χ1) is 17.7. The van der Waals surface area contributed by atoms with E-state index >= 15 is 0 Å². The number of aromatic nitrogens is 1. The molecular weight excluding hydrogens is 509 g/mol. The van der Waals surface area contributed by atoms with Gasteiger partial charge in [-0.15, -0.1) is 0 Å². The molecule has 1 fully saturated rings. The molecule has 3 aromatic carbocycles. The molecule has 0 radical (unpaired) electrons. The highest BCUT2D eigenvalue weighted by Gasteiger charge is 2.36. The molecule has 9 heteroatoms. The minimum absolute atomic E-state index is 0.0692. The number of fused-ring (bicyclic) bond motifs is 1. The van der Waals surface area contributed by atoms with Gasteiger partial charge in [0.05, 0.1) is 16.8 Å². The summed E-state index contributed by atoms with van der Waals surface area (Å²) in [5.74, 6) is -1.19. The second-order valence-corrected chi connectivity index (χ2v) is 12.3. The highest BCUT2D eigenvalue weighted by atomic mass is 32.2. The Morgan fingerprint density at radius 1 is 1.05 bits per heavy atom. The third-order valence-electron chi connectivity index (χ3n) is 6.75. The maximum Gasteiger partial charge on any atom is 0.245 e. The second-order valence-electron chi connectivity index (χ2n) is 9.45. The Labute approximate surface area is 220 Å². The average Bonchev–Trinajstić information content (AvgIpc) is 3.32.